The predicted molar refractivity (Wildman–Crippen MR) is 83.4 cm³/mol. The van der Waals surface area contributed by atoms with Crippen LogP contribution in [0.3, 0.4) is 0 Å². The van der Waals surface area contributed by atoms with Gasteiger partial charge in [-0.25, -0.2) is 0 Å². The van der Waals surface area contributed by atoms with Gasteiger partial charge in [0.1, 0.15) is 0 Å². The molecule has 1 unspecified atom stereocenters. The second kappa shape index (κ2) is 6.50. The van der Waals surface area contributed by atoms with E-state index in [1.54, 1.807) is 11.3 Å². The molecule has 0 spiro atoms. The van der Waals surface area contributed by atoms with E-state index >= 15 is 0 Å². The number of hydrogen-bond acceptors (Lipinski definition) is 2. The average Bonchev–Trinajstić information content (AvgIpc) is 2.79. The number of thiophene rings is 1. The van der Waals surface area contributed by atoms with Crippen LogP contribution in [0.25, 0.3) is 0 Å². The molecule has 0 amide bonds. The second-order valence-electron chi connectivity index (χ2n) is 4.36. The minimum atomic E-state index is 0.289. The van der Waals surface area contributed by atoms with Crippen LogP contribution >= 0.6 is 27.3 Å². The maximum atomic E-state index is 3.53. The zero-order valence-corrected chi connectivity index (χ0v) is 13.1. The number of aryl methyl sites for hydroxylation is 1. The molecule has 0 saturated heterocycles. The molecule has 1 nitrogen and oxygen atoms in total. The van der Waals surface area contributed by atoms with Crippen molar-refractivity contribution in [3.8, 4) is 0 Å². The normalized spacial score (nSPS) is 12.6. The van der Waals surface area contributed by atoms with Gasteiger partial charge in [-0.15, -0.1) is 11.3 Å². The Morgan fingerprint density at radius 2 is 1.89 bits per heavy atom. The van der Waals surface area contributed by atoms with Crippen molar-refractivity contribution in [3.05, 3.63) is 56.2 Å². The molecule has 0 saturated carbocycles. The maximum Gasteiger partial charge on any atom is 0.0702 e. The Morgan fingerprint density at radius 1 is 1.17 bits per heavy atom. The molecular weight excluding hydrogens is 306 g/mol. The summed E-state index contributed by atoms with van der Waals surface area (Å²) in [4.78, 5) is 1.34. The van der Waals surface area contributed by atoms with Crippen molar-refractivity contribution in [2.24, 2.45) is 0 Å². The average molecular weight is 324 g/mol. The van der Waals surface area contributed by atoms with Crippen LogP contribution in [0.1, 0.15) is 35.4 Å². The van der Waals surface area contributed by atoms with Crippen molar-refractivity contribution < 1.29 is 0 Å². The SMILES string of the molecule is CCCc1ccc(C(NC)c2ccc(Br)s2)cc1. The summed E-state index contributed by atoms with van der Waals surface area (Å²) in [7, 11) is 2.01. The van der Waals surface area contributed by atoms with Crippen molar-refractivity contribution in [2.75, 3.05) is 7.05 Å². The molecular formula is C15H18BrNS. The molecule has 1 aromatic carbocycles. The fourth-order valence-electron chi connectivity index (χ4n) is 2.12. The van der Waals surface area contributed by atoms with Crippen LogP contribution in [0.5, 0.6) is 0 Å². The lowest BCUT2D eigenvalue weighted by molar-refractivity contribution is 0.703. The van der Waals surface area contributed by atoms with Gasteiger partial charge in [-0.1, -0.05) is 37.6 Å². The maximum absolute atomic E-state index is 3.53. The summed E-state index contributed by atoms with van der Waals surface area (Å²) in [5.41, 5.74) is 2.75. The van der Waals surface area contributed by atoms with E-state index in [1.165, 1.54) is 26.2 Å². The molecule has 3 heteroatoms. The number of halogens is 1. The number of nitrogens with one attached hydrogen (secondary N) is 1. The molecule has 2 aromatic rings. The lowest BCUT2D eigenvalue weighted by atomic mass is 10.0. The van der Waals surface area contributed by atoms with Gasteiger partial charge in [-0.2, -0.15) is 0 Å². The molecule has 1 atom stereocenters. The molecule has 96 valence electrons. The Kier molecular flexibility index (Phi) is 4.98. The fraction of sp³-hybridized carbons (Fsp3) is 0.333. The zero-order valence-electron chi connectivity index (χ0n) is 10.7. The highest BCUT2D eigenvalue weighted by molar-refractivity contribution is 9.11. The van der Waals surface area contributed by atoms with Crippen LogP contribution in [0.15, 0.2) is 40.2 Å². The van der Waals surface area contributed by atoms with Gasteiger partial charge in [-0.05, 0) is 52.7 Å². The van der Waals surface area contributed by atoms with E-state index < -0.39 is 0 Å². The van der Waals surface area contributed by atoms with E-state index in [2.05, 4.69) is 64.6 Å². The summed E-state index contributed by atoms with van der Waals surface area (Å²) < 4.78 is 1.18. The first kappa shape index (κ1) is 13.8. The van der Waals surface area contributed by atoms with E-state index in [9.17, 15) is 0 Å². The highest BCUT2D eigenvalue weighted by Crippen LogP contribution is 2.31. The summed E-state index contributed by atoms with van der Waals surface area (Å²) in [5.74, 6) is 0. The van der Waals surface area contributed by atoms with Gasteiger partial charge < -0.3 is 5.32 Å². The molecule has 18 heavy (non-hydrogen) atoms. The van der Waals surface area contributed by atoms with Gasteiger partial charge in [0, 0.05) is 4.88 Å². The van der Waals surface area contributed by atoms with Crippen LogP contribution in [0.2, 0.25) is 0 Å². The van der Waals surface area contributed by atoms with Crippen molar-refractivity contribution in [1.29, 1.82) is 0 Å². The van der Waals surface area contributed by atoms with Gasteiger partial charge in [-0.3, -0.25) is 0 Å². The minimum absolute atomic E-state index is 0.289. The Labute approximate surface area is 121 Å². The Morgan fingerprint density at radius 3 is 2.39 bits per heavy atom. The monoisotopic (exact) mass is 323 g/mol. The molecule has 2 rings (SSSR count). The Balaban J connectivity index is 2.22. The van der Waals surface area contributed by atoms with E-state index in [1.807, 2.05) is 7.05 Å². The molecule has 0 bridgehead atoms. The molecule has 1 aromatic heterocycles. The van der Waals surface area contributed by atoms with E-state index in [0.717, 1.165) is 6.42 Å². The standard InChI is InChI=1S/C15H18BrNS/c1-3-4-11-5-7-12(8-6-11)15(17-2)13-9-10-14(16)18-13/h5-10,15,17H,3-4H2,1-2H3. The molecule has 0 radical (unpaired) electrons. The first-order chi connectivity index (χ1) is 8.74. The van der Waals surface area contributed by atoms with Crippen molar-refractivity contribution >= 4 is 27.3 Å². The highest BCUT2D eigenvalue weighted by atomic mass is 79.9. The molecule has 0 fully saturated rings. The lowest BCUT2D eigenvalue weighted by Crippen LogP contribution is -2.16. The highest BCUT2D eigenvalue weighted by Gasteiger charge is 2.13. The number of benzene rings is 1. The van der Waals surface area contributed by atoms with Crippen molar-refractivity contribution in [2.45, 2.75) is 25.8 Å². The Bertz CT molecular complexity index is 489. The Hall–Kier alpha value is -0.640. The summed E-state index contributed by atoms with van der Waals surface area (Å²) in [5, 5.41) is 3.39. The molecule has 1 N–H and O–H groups in total. The molecule has 0 aliphatic carbocycles. The number of hydrogen-bond donors (Lipinski definition) is 1. The van der Waals surface area contributed by atoms with Crippen LogP contribution in [0, 0.1) is 0 Å². The zero-order chi connectivity index (χ0) is 13.0. The van der Waals surface area contributed by atoms with Gasteiger partial charge in [0.25, 0.3) is 0 Å². The third-order valence-electron chi connectivity index (χ3n) is 3.02. The molecule has 1 heterocycles. The first-order valence-electron chi connectivity index (χ1n) is 6.26. The quantitative estimate of drug-likeness (QED) is 0.835. The molecule has 0 aliphatic rings. The van der Waals surface area contributed by atoms with Crippen LogP contribution < -0.4 is 5.32 Å². The van der Waals surface area contributed by atoms with Crippen LogP contribution in [0.4, 0.5) is 0 Å². The lowest BCUT2D eigenvalue weighted by Gasteiger charge is -2.15. The topological polar surface area (TPSA) is 12.0 Å². The minimum Gasteiger partial charge on any atom is -0.309 e. The number of rotatable bonds is 5. The van der Waals surface area contributed by atoms with E-state index in [-0.39, 0.29) is 6.04 Å². The summed E-state index contributed by atoms with van der Waals surface area (Å²) >= 11 is 5.31. The van der Waals surface area contributed by atoms with Gasteiger partial charge in [0.15, 0.2) is 0 Å². The van der Waals surface area contributed by atoms with Crippen LogP contribution in [-0.4, -0.2) is 7.05 Å². The van der Waals surface area contributed by atoms with E-state index in [0.29, 0.717) is 0 Å². The molecule has 0 aliphatic heterocycles. The third-order valence-corrected chi connectivity index (χ3v) is 4.71. The largest absolute Gasteiger partial charge is 0.309 e. The smallest absolute Gasteiger partial charge is 0.0702 e. The summed E-state index contributed by atoms with van der Waals surface area (Å²) in [6, 6.07) is 13.5. The summed E-state index contributed by atoms with van der Waals surface area (Å²) in [6.07, 6.45) is 2.36. The van der Waals surface area contributed by atoms with Gasteiger partial charge >= 0.3 is 0 Å². The predicted octanol–water partition coefficient (Wildman–Crippen LogP) is 4.77. The summed E-state index contributed by atoms with van der Waals surface area (Å²) in [6.45, 7) is 2.22. The van der Waals surface area contributed by atoms with Gasteiger partial charge in [0.2, 0.25) is 0 Å². The first-order valence-corrected chi connectivity index (χ1v) is 7.87. The van der Waals surface area contributed by atoms with Crippen LogP contribution in [-0.2, 0) is 6.42 Å². The van der Waals surface area contributed by atoms with E-state index in [4.69, 9.17) is 0 Å². The third kappa shape index (κ3) is 3.22. The second-order valence-corrected chi connectivity index (χ2v) is 6.85. The van der Waals surface area contributed by atoms with Gasteiger partial charge in [0.05, 0.1) is 9.83 Å². The fourth-order valence-corrected chi connectivity index (χ4v) is 3.68. The van der Waals surface area contributed by atoms with Crippen molar-refractivity contribution in [3.63, 3.8) is 0 Å². The van der Waals surface area contributed by atoms with Crippen molar-refractivity contribution in [1.82, 2.24) is 5.32 Å².